The van der Waals surface area contributed by atoms with E-state index in [1.165, 1.54) is 11.3 Å². The maximum atomic E-state index is 13.0. The van der Waals surface area contributed by atoms with Gasteiger partial charge in [-0.05, 0) is 24.3 Å². The van der Waals surface area contributed by atoms with E-state index in [0.29, 0.717) is 28.8 Å². The summed E-state index contributed by atoms with van der Waals surface area (Å²) in [7, 11) is 3.42. The maximum Gasteiger partial charge on any atom is 0.274 e. The number of nitrogens with one attached hydrogen (secondary N) is 1. The molecule has 1 N–H and O–H groups in total. The van der Waals surface area contributed by atoms with Crippen LogP contribution in [-0.4, -0.2) is 56.3 Å². The molecule has 2 aromatic heterocycles. The summed E-state index contributed by atoms with van der Waals surface area (Å²) in [5.41, 5.74) is 1.87. The van der Waals surface area contributed by atoms with Gasteiger partial charge in [-0.3, -0.25) is 14.3 Å². The van der Waals surface area contributed by atoms with Gasteiger partial charge in [-0.25, -0.2) is 4.98 Å². The number of methoxy groups -OCH3 is 1. The summed E-state index contributed by atoms with van der Waals surface area (Å²) in [4.78, 5) is 31.8. The summed E-state index contributed by atoms with van der Waals surface area (Å²) in [6.45, 7) is 0. The topological polar surface area (TPSA) is 89.4 Å². The highest BCUT2D eigenvalue weighted by Crippen LogP contribution is 2.28. The molecular weight excluding hydrogens is 410 g/mol. The molecule has 29 heavy (non-hydrogen) atoms. The number of amides is 2. The molecule has 3 aromatic rings. The number of benzene rings is 1. The molecule has 1 unspecified atom stereocenters. The molecular formula is C19H19N5O3S2. The SMILES string of the molecule is COc1ccc(NC(=O)C2CSCN2C(=O)c2csc(-c3cnn(C)c3)n2)cc1. The zero-order chi connectivity index (χ0) is 20.4. The van der Waals surface area contributed by atoms with Gasteiger partial charge in [-0.1, -0.05) is 0 Å². The van der Waals surface area contributed by atoms with E-state index in [1.807, 2.05) is 13.2 Å². The molecule has 10 heteroatoms. The molecule has 0 radical (unpaired) electrons. The highest BCUT2D eigenvalue weighted by molar-refractivity contribution is 7.99. The van der Waals surface area contributed by atoms with Gasteiger partial charge in [0.2, 0.25) is 5.91 Å². The van der Waals surface area contributed by atoms with Crippen LogP contribution in [0.25, 0.3) is 10.6 Å². The van der Waals surface area contributed by atoms with Crippen molar-refractivity contribution in [3.05, 3.63) is 47.7 Å². The lowest BCUT2D eigenvalue weighted by Gasteiger charge is -2.22. The van der Waals surface area contributed by atoms with Gasteiger partial charge >= 0.3 is 0 Å². The van der Waals surface area contributed by atoms with Gasteiger partial charge in [0.05, 0.1) is 19.2 Å². The lowest BCUT2D eigenvalue weighted by atomic mass is 10.2. The second-order valence-corrected chi connectivity index (χ2v) is 8.31. The van der Waals surface area contributed by atoms with Crippen molar-refractivity contribution < 1.29 is 14.3 Å². The Balaban J connectivity index is 1.46. The maximum absolute atomic E-state index is 13.0. The number of aromatic nitrogens is 3. The molecule has 0 aliphatic carbocycles. The third-order valence-electron chi connectivity index (χ3n) is 4.48. The Labute approximate surface area is 175 Å². The molecule has 0 saturated carbocycles. The zero-order valence-corrected chi connectivity index (χ0v) is 17.5. The van der Waals surface area contributed by atoms with Crippen LogP contribution in [0.3, 0.4) is 0 Å². The predicted octanol–water partition coefficient (Wildman–Crippen LogP) is 2.71. The summed E-state index contributed by atoms with van der Waals surface area (Å²) in [6.07, 6.45) is 3.56. The number of carbonyl (C=O) groups excluding carboxylic acids is 2. The highest BCUT2D eigenvalue weighted by Gasteiger charge is 2.36. The summed E-state index contributed by atoms with van der Waals surface area (Å²) in [5.74, 6) is 1.27. The molecule has 1 aromatic carbocycles. The first-order valence-electron chi connectivity index (χ1n) is 8.83. The lowest BCUT2D eigenvalue weighted by Crippen LogP contribution is -2.44. The van der Waals surface area contributed by atoms with Crippen molar-refractivity contribution in [3.63, 3.8) is 0 Å². The third kappa shape index (κ3) is 4.13. The average molecular weight is 430 g/mol. The first kappa shape index (κ1) is 19.5. The van der Waals surface area contributed by atoms with Crippen LogP contribution in [0.2, 0.25) is 0 Å². The van der Waals surface area contributed by atoms with Gasteiger partial charge in [0, 0.05) is 35.6 Å². The van der Waals surface area contributed by atoms with E-state index in [9.17, 15) is 9.59 Å². The van der Waals surface area contributed by atoms with Crippen LogP contribution in [-0.2, 0) is 11.8 Å². The van der Waals surface area contributed by atoms with Crippen molar-refractivity contribution in [2.75, 3.05) is 24.1 Å². The van der Waals surface area contributed by atoms with Crippen molar-refractivity contribution >= 4 is 40.6 Å². The minimum atomic E-state index is -0.543. The van der Waals surface area contributed by atoms with Crippen LogP contribution < -0.4 is 10.1 Å². The fourth-order valence-corrected chi connectivity index (χ4v) is 4.87. The summed E-state index contributed by atoms with van der Waals surface area (Å²) in [5, 5.41) is 9.47. The number of ether oxygens (including phenoxy) is 1. The van der Waals surface area contributed by atoms with Crippen LogP contribution in [0.4, 0.5) is 5.69 Å². The zero-order valence-electron chi connectivity index (χ0n) is 15.9. The monoisotopic (exact) mass is 429 g/mol. The number of rotatable bonds is 5. The Morgan fingerprint density at radius 2 is 2.07 bits per heavy atom. The van der Waals surface area contributed by atoms with Gasteiger partial charge < -0.3 is 15.0 Å². The first-order chi connectivity index (χ1) is 14.0. The van der Waals surface area contributed by atoms with E-state index >= 15 is 0 Å². The van der Waals surface area contributed by atoms with Gasteiger partial charge in [-0.2, -0.15) is 5.10 Å². The predicted molar refractivity (Wildman–Crippen MR) is 113 cm³/mol. The van der Waals surface area contributed by atoms with Gasteiger partial charge in [0.25, 0.3) is 5.91 Å². The number of thioether (sulfide) groups is 1. The van der Waals surface area contributed by atoms with E-state index in [1.54, 1.807) is 64.3 Å². The molecule has 1 aliphatic heterocycles. The van der Waals surface area contributed by atoms with E-state index in [2.05, 4.69) is 15.4 Å². The largest absolute Gasteiger partial charge is 0.497 e. The van der Waals surface area contributed by atoms with E-state index in [-0.39, 0.29) is 11.8 Å². The molecule has 8 nitrogen and oxygen atoms in total. The molecule has 1 aliphatic rings. The van der Waals surface area contributed by atoms with E-state index < -0.39 is 6.04 Å². The van der Waals surface area contributed by atoms with Gasteiger partial charge in [0.15, 0.2) is 0 Å². The Morgan fingerprint density at radius 3 is 2.76 bits per heavy atom. The van der Waals surface area contributed by atoms with Crippen molar-refractivity contribution in [2.24, 2.45) is 7.05 Å². The number of anilines is 1. The smallest absolute Gasteiger partial charge is 0.274 e. The minimum Gasteiger partial charge on any atom is -0.497 e. The second-order valence-electron chi connectivity index (χ2n) is 6.45. The number of nitrogens with zero attached hydrogens (tertiary/aromatic N) is 4. The Kier molecular flexibility index (Phi) is 5.54. The van der Waals surface area contributed by atoms with Crippen molar-refractivity contribution in [1.82, 2.24) is 19.7 Å². The fourth-order valence-electron chi connectivity index (χ4n) is 2.94. The van der Waals surface area contributed by atoms with Crippen molar-refractivity contribution in [1.29, 1.82) is 0 Å². The summed E-state index contributed by atoms with van der Waals surface area (Å²) >= 11 is 2.94. The third-order valence-corrected chi connectivity index (χ3v) is 6.38. The standard InChI is InChI=1S/C19H19N5O3S2/c1-23-8-12(7-20-23)18-22-15(9-29-18)19(26)24-11-28-10-16(24)17(25)21-13-3-5-14(27-2)6-4-13/h3-9,16H,10-11H2,1-2H3,(H,21,25). The molecule has 2 amide bonds. The first-order valence-corrected chi connectivity index (χ1v) is 10.9. The van der Waals surface area contributed by atoms with Crippen LogP contribution >= 0.6 is 23.1 Å². The Morgan fingerprint density at radius 1 is 1.28 bits per heavy atom. The minimum absolute atomic E-state index is 0.212. The average Bonchev–Trinajstić information content (AvgIpc) is 3.48. The quantitative estimate of drug-likeness (QED) is 0.671. The molecule has 1 saturated heterocycles. The van der Waals surface area contributed by atoms with E-state index in [0.717, 1.165) is 10.6 Å². The van der Waals surface area contributed by atoms with Crippen LogP contribution in [0.15, 0.2) is 42.0 Å². The molecule has 1 fully saturated rings. The molecule has 0 bridgehead atoms. The second kappa shape index (κ2) is 8.26. The van der Waals surface area contributed by atoms with Gasteiger partial charge in [-0.15, -0.1) is 23.1 Å². The Bertz CT molecular complexity index is 1030. The lowest BCUT2D eigenvalue weighted by molar-refractivity contribution is -0.119. The summed E-state index contributed by atoms with van der Waals surface area (Å²) in [6, 6.07) is 6.55. The van der Waals surface area contributed by atoms with Crippen molar-refractivity contribution in [2.45, 2.75) is 6.04 Å². The number of hydrogen-bond donors (Lipinski definition) is 1. The molecule has 3 heterocycles. The fraction of sp³-hybridized carbons (Fsp3) is 0.263. The molecule has 4 rings (SSSR count). The molecule has 150 valence electrons. The normalized spacial score (nSPS) is 16.1. The number of carbonyl (C=O) groups is 2. The number of hydrogen-bond acceptors (Lipinski definition) is 7. The van der Waals surface area contributed by atoms with E-state index in [4.69, 9.17) is 4.74 Å². The van der Waals surface area contributed by atoms with Crippen molar-refractivity contribution in [3.8, 4) is 16.3 Å². The van der Waals surface area contributed by atoms with Gasteiger partial charge in [0.1, 0.15) is 22.5 Å². The van der Waals surface area contributed by atoms with Crippen LogP contribution in [0.5, 0.6) is 5.75 Å². The number of aryl methyl sites for hydroxylation is 1. The van der Waals surface area contributed by atoms with Crippen LogP contribution in [0.1, 0.15) is 10.5 Å². The Hall–Kier alpha value is -2.85. The number of thiazole rings is 1. The molecule has 0 spiro atoms. The molecule has 1 atom stereocenters. The van der Waals surface area contributed by atoms with Crippen LogP contribution in [0, 0.1) is 0 Å². The summed E-state index contributed by atoms with van der Waals surface area (Å²) < 4.78 is 6.82. The highest BCUT2D eigenvalue weighted by atomic mass is 32.2.